The van der Waals surface area contributed by atoms with Crippen LogP contribution in [0.5, 0.6) is 0 Å². The third-order valence-electron chi connectivity index (χ3n) is 2.58. The van der Waals surface area contributed by atoms with Gasteiger partial charge in [0.15, 0.2) is 0 Å². The largest absolute Gasteiger partial charge is 0.299 e. The highest BCUT2D eigenvalue weighted by atomic mass is 35.5. The minimum atomic E-state index is 0.384. The van der Waals surface area contributed by atoms with E-state index in [1.54, 1.807) is 0 Å². The van der Waals surface area contributed by atoms with Gasteiger partial charge in [-0.1, -0.05) is 23.7 Å². The third kappa shape index (κ3) is 2.58. The summed E-state index contributed by atoms with van der Waals surface area (Å²) in [6.07, 6.45) is 3.71. The number of rotatable bonds is 4. The van der Waals surface area contributed by atoms with Crippen LogP contribution in [0.1, 0.15) is 24.8 Å². The van der Waals surface area contributed by atoms with Gasteiger partial charge in [-0.05, 0) is 37.0 Å². The highest BCUT2D eigenvalue weighted by Crippen LogP contribution is 2.31. The molecule has 0 saturated heterocycles. The average Bonchev–Trinajstić information content (AvgIpc) is 2.97. The van der Waals surface area contributed by atoms with Gasteiger partial charge in [0.1, 0.15) is 5.78 Å². The summed E-state index contributed by atoms with van der Waals surface area (Å²) in [7, 11) is 0. The molecule has 14 heavy (non-hydrogen) atoms. The Bertz CT molecular complexity index is 342. The monoisotopic (exact) mass is 208 g/mol. The molecule has 1 aromatic rings. The molecule has 0 spiro atoms. The summed E-state index contributed by atoms with van der Waals surface area (Å²) in [5, 5.41) is 0.751. The van der Waals surface area contributed by atoms with Gasteiger partial charge >= 0.3 is 0 Å². The number of aryl methyl sites for hydroxylation is 1. The quantitative estimate of drug-likeness (QED) is 0.743. The lowest BCUT2D eigenvalue weighted by Gasteiger charge is -2.00. The predicted octanol–water partition coefficient (Wildman–Crippen LogP) is 3.25. The van der Waals surface area contributed by atoms with Crippen molar-refractivity contribution in [1.29, 1.82) is 0 Å². The molecule has 2 heteroatoms. The minimum absolute atomic E-state index is 0.384. The number of ketones is 1. The molecule has 0 N–H and O–H groups in total. The first-order valence-corrected chi connectivity index (χ1v) is 5.40. The number of halogens is 1. The summed E-state index contributed by atoms with van der Waals surface area (Å²) in [5.74, 6) is 0.805. The van der Waals surface area contributed by atoms with E-state index < -0.39 is 0 Å². The first-order chi connectivity index (χ1) is 6.75. The fourth-order valence-corrected chi connectivity index (χ4v) is 1.78. The zero-order chi connectivity index (χ0) is 9.97. The van der Waals surface area contributed by atoms with Gasteiger partial charge in [-0.25, -0.2) is 0 Å². The van der Waals surface area contributed by atoms with Crippen LogP contribution in [-0.2, 0) is 11.2 Å². The number of benzene rings is 1. The van der Waals surface area contributed by atoms with Gasteiger partial charge in [-0.3, -0.25) is 4.79 Å². The summed E-state index contributed by atoms with van der Waals surface area (Å²) in [6.45, 7) is 0. The molecule has 0 atom stereocenters. The maximum atomic E-state index is 11.4. The summed E-state index contributed by atoms with van der Waals surface area (Å²) in [5.41, 5.74) is 1.16. The third-order valence-corrected chi connectivity index (χ3v) is 2.82. The molecule has 0 radical (unpaired) electrons. The summed E-state index contributed by atoms with van der Waals surface area (Å²) in [6, 6.07) is 7.74. The summed E-state index contributed by atoms with van der Waals surface area (Å²) >= 11 is 5.85. The Morgan fingerprint density at radius 1 is 1.43 bits per heavy atom. The van der Waals surface area contributed by atoms with Gasteiger partial charge in [-0.2, -0.15) is 0 Å². The molecule has 1 saturated carbocycles. The van der Waals surface area contributed by atoms with Crippen molar-refractivity contribution in [2.45, 2.75) is 25.7 Å². The number of carbonyl (C=O) groups is 1. The number of Topliss-reactive ketones (excluding diaryl/α,β-unsaturated/α-hetero) is 1. The van der Waals surface area contributed by atoms with Crippen LogP contribution < -0.4 is 0 Å². The molecule has 0 aromatic heterocycles. The Morgan fingerprint density at radius 3 is 2.86 bits per heavy atom. The molecular weight excluding hydrogens is 196 g/mol. The summed E-state index contributed by atoms with van der Waals surface area (Å²) in [4.78, 5) is 11.4. The maximum Gasteiger partial charge on any atom is 0.136 e. The van der Waals surface area contributed by atoms with Gasteiger partial charge in [-0.15, -0.1) is 0 Å². The van der Waals surface area contributed by atoms with E-state index in [0.29, 0.717) is 18.1 Å². The summed E-state index contributed by atoms with van der Waals surface area (Å²) < 4.78 is 0. The van der Waals surface area contributed by atoms with Crippen molar-refractivity contribution in [1.82, 2.24) is 0 Å². The van der Waals surface area contributed by atoms with Gasteiger partial charge < -0.3 is 0 Å². The van der Waals surface area contributed by atoms with E-state index in [4.69, 9.17) is 11.6 Å². The molecular formula is C12H13ClO. The molecule has 1 fully saturated rings. The van der Waals surface area contributed by atoms with Crippen molar-refractivity contribution in [2.75, 3.05) is 0 Å². The smallest absolute Gasteiger partial charge is 0.136 e. The Kier molecular flexibility index (Phi) is 2.87. The molecule has 0 amide bonds. The van der Waals surface area contributed by atoms with Crippen LogP contribution in [0.2, 0.25) is 5.02 Å². The van der Waals surface area contributed by atoms with Gasteiger partial charge in [0.05, 0.1) is 0 Å². The second-order valence-electron chi connectivity index (χ2n) is 3.87. The standard InChI is InChI=1S/C12H13ClO/c13-11-3-1-2-9(8-11)4-7-12(14)10-5-6-10/h1-3,8,10H,4-7H2. The molecule has 0 bridgehead atoms. The van der Waals surface area contributed by atoms with E-state index in [1.807, 2.05) is 24.3 Å². The van der Waals surface area contributed by atoms with Crippen LogP contribution in [0, 0.1) is 5.92 Å². The predicted molar refractivity (Wildman–Crippen MR) is 57.5 cm³/mol. The van der Waals surface area contributed by atoms with E-state index >= 15 is 0 Å². The first kappa shape index (κ1) is 9.72. The molecule has 1 aliphatic carbocycles. The SMILES string of the molecule is O=C(CCc1cccc(Cl)c1)C1CC1. The van der Waals surface area contributed by atoms with E-state index in [0.717, 1.165) is 29.8 Å². The average molecular weight is 209 g/mol. The van der Waals surface area contributed by atoms with Crippen LogP contribution in [0.25, 0.3) is 0 Å². The Balaban J connectivity index is 1.87. The van der Waals surface area contributed by atoms with Gasteiger partial charge in [0, 0.05) is 17.4 Å². The lowest BCUT2D eigenvalue weighted by Crippen LogP contribution is -2.01. The second-order valence-corrected chi connectivity index (χ2v) is 4.31. The zero-order valence-corrected chi connectivity index (χ0v) is 8.76. The van der Waals surface area contributed by atoms with Gasteiger partial charge in [0.2, 0.25) is 0 Å². The lowest BCUT2D eigenvalue weighted by molar-refractivity contribution is -0.120. The normalized spacial score (nSPS) is 15.5. The Labute approximate surface area is 89.1 Å². The Morgan fingerprint density at radius 2 is 2.21 bits per heavy atom. The van der Waals surface area contributed by atoms with Crippen molar-refractivity contribution < 1.29 is 4.79 Å². The highest BCUT2D eigenvalue weighted by molar-refractivity contribution is 6.30. The number of hydrogen-bond acceptors (Lipinski definition) is 1. The van der Waals surface area contributed by atoms with Crippen molar-refractivity contribution in [3.63, 3.8) is 0 Å². The van der Waals surface area contributed by atoms with Crippen molar-refractivity contribution in [3.8, 4) is 0 Å². The van der Waals surface area contributed by atoms with Crippen LogP contribution in [0.3, 0.4) is 0 Å². The molecule has 1 aliphatic rings. The van der Waals surface area contributed by atoms with Crippen LogP contribution >= 0.6 is 11.6 Å². The van der Waals surface area contributed by atoms with E-state index in [9.17, 15) is 4.79 Å². The topological polar surface area (TPSA) is 17.1 Å². The fraction of sp³-hybridized carbons (Fsp3) is 0.417. The Hall–Kier alpha value is -0.820. The minimum Gasteiger partial charge on any atom is -0.299 e. The van der Waals surface area contributed by atoms with E-state index in [1.165, 1.54) is 0 Å². The molecule has 2 rings (SSSR count). The highest BCUT2D eigenvalue weighted by Gasteiger charge is 2.28. The van der Waals surface area contributed by atoms with Crippen molar-refractivity contribution in [2.24, 2.45) is 5.92 Å². The molecule has 74 valence electrons. The van der Waals surface area contributed by atoms with Crippen LogP contribution in [0.15, 0.2) is 24.3 Å². The fourth-order valence-electron chi connectivity index (χ4n) is 1.57. The molecule has 0 aliphatic heterocycles. The second kappa shape index (κ2) is 4.14. The molecule has 1 aromatic carbocycles. The maximum absolute atomic E-state index is 11.4. The molecule has 0 unspecified atom stereocenters. The lowest BCUT2D eigenvalue weighted by atomic mass is 10.1. The number of hydrogen-bond donors (Lipinski definition) is 0. The van der Waals surface area contributed by atoms with Crippen LogP contribution in [0.4, 0.5) is 0 Å². The van der Waals surface area contributed by atoms with Gasteiger partial charge in [0.25, 0.3) is 0 Å². The molecule has 0 heterocycles. The van der Waals surface area contributed by atoms with Crippen LogP contribution in [-0.4, -0.2) is 5.78 Å². The first-order valence-electron chi connectivity index (χ1n) is 5.03. The van der Waals surface area contributed by atoms with E-state index in [-0.39, 0.29) is 0 Å². The van der Waals surface area contributed by atoms with Crippen molar-refractivity contribution >= 4 is 17.4 Å². The van der Waals surface area contributed by atoms with E-state index in [2.05, 4.69) is 0 Å². The van der Waals surface area contributed by atoms with Crippen molar-refractivity contribution in [3.05, 3.63) is 34.9 Å². The zero-order valence-electron chi connectivity index (χ0n) is 8.00. The molecule has 1 nitrogen and oxygen atoms in total. The number of carbonyl (C=O) groups excluding carboxylic acids is 1.